The Hall–Kier alpha value is -2.77. The average Bonchev–Trinajstić information content (AvgIpc) is 3.31. The van der Waals surface area contributed by atoms with E-state index in [0.29, 0.717) is 28.7 Å². The Morgan fingerprint density at radius 3 is 2.62 bits per heavy atom. The molecule has 2 amide bonds. The fourth-order valence-corrected chi connectivity index (χ4v) is 4.19. The van der Waals surface area contributed by atoms with Gasteiger partial charge in [0.05, 0.1) is 0 Å². The van der Waals surface area contributed by atoms with E-state index in [9.17, 15) is 9.59 Å². The molecule has 148 valence electrons. The lowest BCUT2D eigenvalue weighted by atomic mass is 10.1. The summed E-state index contributed by atoms with van der Waals surface area (Å²) in [6.45, 7) is 4.65. The molecule has 8 heteroatoms. The molecule has 1 atom stereocenters. The van der Waals surface area contributed by atoms with Crippen LogP contribution in [0.3, 0.4) is 0 Å². The minimum atomic E-state index is -0.274. The second-order valence-electron chi connectivity index (χ2n) is 7.08. The highest BCUT2D eigenvalue weighted by molar-refractivity contribution is 7.15. The molecule has 2 heterocycles. The van der Waals surface area contributed by atoms with Gasteiger partial charge in [-0.25, -0.2) is 0 Å². The van der Waals surface area contributed by atoms with Crippen molar-refractivity contribution in [3.63, 3.8) is 0 Å². The number of benzene rings is 2. The smallest absolute Gasteiger partial charge is 0.257 e. The number of anilines is 2. The number of hydrogen-bond donors (Lipinski definition) is 1. The Bertz CT molecular complexity index is 1080. The van der Waals surface area contributed by atoms with Gasteiger partial charge in [-0.05, 0) is 61.4 Å². The summed E-state index contributed by atoms with van der Waals surface area (Å²) in [5.74, 6) is -0.244. The summed E-state index contributed by atoms with van der Waals surface area (Å²) < 4.78 is 0. The molecule has 0 saturated carbocycles. The van der Waals surface area contributed by atoms with E-state index in [-0.39, 0.29) is 17.7 Å². The topological polar surface area (TPSA) is 75.2 Å². The van der Waals surface area contributed by atoms with Crippen molar-refractivity contribution in [1.29, 1.82) is 0 Å². The Morgan fingerprint density at radius 1 is 1.14 bits per heavy atom. The molecule has 0 aliphatic carbocycles. The largest absolute Gasteiger partial charge is 0.312 e. The van der Waals surface area contributed by atoms with Crippen LogP contribution in [0.15, 0.2) is 42.5 Å². The zero-order chi connectivity index (χ0) is 20.5. The predicted octanol–water partition coefficient (Wildman–Crippen LogP) is 4.58. The summed E-state index contributed by atoms with van der Waals surface area (Å²) in [5.41, 5.74) is 3.74. The molecular formula is C21H19ClN4O2S. The van der Waals surface area contributed by atoms with Gasteiger partial charge in [-0.3, -0.25) is 14.9 Å². The van der Waals surface area contributed by atoms with E-state index in [1.54, 1.807) is 29.2 Å². The first-order chi connectivity index (χ1) is 13.9. The minimum Gasteiger partial charge on any atom is -0.312 e. The van der Waals surface area contributed by atoms with Crippen molar-refractivity contribution < 1.29 is 9.59 Å². The molecule has 1 saturated heterocycles. The van der Waals surface area contributed by atoms with Crippen LogP contribution in [0.1, 0.15) is 38.8 Å². The van der Waals surface area contributed by atoms with Gasteiger partial charge in [0.2, 0.25) is 11.0 Å². The molecule has 1 aliphatic heterocycles. The molecule has 29 heavy (non-hydrogen) atoms. The van der Waals surface area contributed by atoms with Crippen molar-refractivity contribution in [3.05, 3.63) is 69.2 Å². The maximum Gasteiger partial charge on any atom is 0.257 e. The third-order valence-corrected chi connectivity index (χ3v) is 6.30. The SMILES string of the molecule is Cc1ccc(N2C[C@H](c3nnc(NC(=O)c4ccc(Cl)cc4)s3)CC2=O)cc1C. The lowest BCUT2D eigenvalue weighted by Gasteiger charge is -2.17. The van der Waals surface area contributed by atoms with Crippen LogP contribution in [0, 0.1) is 13.8 Å². The highest BCUT2D eigenvalue weighted by Gasteiger charge is 2.34. The van der Waals surface area contributed by atoms with Crippen molar-refractivity contribution in [3.8, 4) is 0 Å². The van der Waals surface area contributed by atoms with E-state index in [1.807, 2.05) is 25.1 Å². The average molecular weight is 427 g/mol. The number of nitrogens with zero attached hydrogens (tertiary/aromatic N) is 3. The van der Waals surface area contributed by atoms with Crippen molar-refractivity contribution >= 4 is 45.6 Å². The summed E-state index contributed by atoms with van der Waals surface area (Å²) >= 11 is 7.16. The first kappa shape index (κ1) is 19.5. The lowest BCUT2D eigenvalue weighted by molar-refractivity contribution is -0.117. The van der Waals surface area contributed by atoms with Crippen LogP contribution in [-0.4, -0.2) is 28.6 Å². The Morgan fingerprint density at radius 2 is 1.90 bits per heavy atom. The number of aromatic nitrogens is 2. The number of amides is 2. The number of nitrogens with one attached hydrogen (secondary N) is 1. The normalized spacial score (nSPS) is 16.3. The second kappa shape index (κ2) is 7.93. The van der Waals surface area contributed by atoms with Crippen LogP contribution in [0.4, 0.5) is 10.8 Å². The maximum atomic E-state index is 12.6. The molecule has 0 spiro atoms. The Labute approximate surface area is 177 Å². The predicted molar refractivity (Wildman–Crippen MR) is 115 cm³/mol. The van der Waals surface area contributed by atoms with Gasteiger partial charge in [0.25, 0.3) is 5.91 Å². The first-order valence-corrected chi connectivity index (χ1v) is 10.4. The molecule has 0 unspecified atom stereocenters. The summed E-state index contributed by atoms with van der Waals surface area (Å²) in [6.07, 6.45) is 0.382. The van der Waals surface area contributed by atoms with Gasteiger partial charge in [-0.2, -0.15) is 0 Å². The summed E-state index contributed by atoms with van der Waals surface area (Å²) in [7, 11) is 0. The van der Waals surface area contributed by atoms with Gasteiger partial charge in [-0.1, -0.05) is 29.0 Å². The van der Waals surface area contributed by atoms with Crippen LogP contribution < -0.4 is 10.2 Å². The molecule has 0 bridgehead atoms. The van der Waals surface area contributed by atoms with Crippen LogP contribution >= 0.6 is 22.9 Å². The first-order valence-electron chi connectivity index (χ1n) is 9.18. The molecule has 6 nitrogen and oxygen atoms in total. The van der Waals surface area contributed by atoms with E-state index in [4.69, 9.17) is 11.6 Å². The number of halogens is 1. The number of aryl methyl sites for hydroxylation is 2. The molecular weight excluding hydrogens is 408 g/mol. The Balaban J connectivity index is 1.45. The molecule has 1 aromatic heterocycles. The summed E-state index contributed by atoms with van der Waals surface area (Å²) in [5, 5.41) is 12.8. The fraction of sp³-hybridized carbons (Fsp3) is 0.238. The zero-order valence-electron chi connectivity index (χ0n) is 16.0. The van der Waals surface area contributed by atoms with Crippen molar-refractivity contribution in [2.24, 2.45) is 0 Å². The molecule has 2 aromatic carbocycles. The van der Waals surface area contributed by atoms with Gasteiger partial charge in [0, 0.05) is 35.2 Å². The molecule has 1 fully saturated rings. The minimum absolute atomic E-state index is 0.0391. The van der Waals surface area contributed by atoms with Gasteiger partial charge >= 0.3 is 0 Å². The lowest BCUT2D eigenvalue weighted by Crippen LogP contribution is -2.24. The van der Waals surface area contributed by atoms with E-state index in [0.717, 1.165) is 16.3 Å². The molecule has 0 radical (unpaired) electrons. The molecule has 4 rings (SSSR count). The third-order valence-electron chi connectivity index (χ3n) is 5.04. The van der Waals surface area contributed by atoms with Crippen molar-refractivity contribution in [2.75, 3.05) is 16.8 Å². The number of hydrogen-bond acceptors (Lipinski definition) is 5. The van der Waals surface area contributed by atoms with E-state index < -0.39 is 0 Å². The number of rotatable bonds is 4. The van der Waals surface area contributed by atoms with Gasteiger partial charge in [0.15, 0.2) is 0 Å². The quantitative estimate of drug-likeness (QED) is 0.662. The third kappa shape index (κ3) is 4.16. The van der Waals surface area contributed by atoms with Gasteiger partial charge in [0.1, 0.15) is 5.01 Å². The van der Waals surface area contributed by atoms with E-state index in [1.165, 1.54) is 16.9 Å². The maximum absolute atomic E-state index is 12.6. The highest BCUT2D eigenvalue weighted by Crippen LogP contribution is 2.34. The standard InChI is InChI=1S/C21H19ClN4O2S/c1-12-3-8-17(9-13(12)2)26-11-15(10-18(26)27)20-24-25-21(29-20)23-19(28)14-4-6-16(22)7-5-14/h3-9,15H,10-11H2,1-2H3,(H,23,25,28)/t15-/m1/s1. The van der Waals surface area contributed by atoms with Crippen LogP contribution in [0.2, 0.25) is 5.02 Å². The number of carbonyl (C=O) groups is 2. The summed E-state index contributed by atoms with van der Waals surface area (Å²) in [4.78, 5) is 26.7. The van der Waals surface area contributed by atoms with Crippen molar-refractivity contribution in [2.45, 2.75) is 26.2 Å². The molecule has 1 N–H and O–H groups in total. The van der Waals surface area contributed by atoms with Crippen LogP contribution in [-0.2, 0) is 4.79 Å². The van der Waals surface area contributed by atoms with Crippen LogP contribution in [0.25, 0.3) is 0 Å². The van der Waals surface area contributed by atoms with Gasteiger partial charge in [-0.15, -0.1) is 10.2 Å². The van der Waals surface area contributed by atoms with E-state index in [2.05, 4.69) is 22.4 Å². The summed E-state index contributed by atoms with van der Waals surface area (Å²) in [6, 6.07) is 12.7. The zero-order valence-corrected chi connectivity index (χ0v) is 17.5. The molecule has 1 aliphatic rings. The monoisotopic (exact) mass is 426 g/mol. The van der Waals surface area contributed by atoms with Crippen molar-refractivity contribution in [1.82, 2.24) is 10.2 Å². The fourth-order valence-electron chi connectivity index (χ4n) is 3.24. The van der Waals surface area contributed by atoms with Crippen LogP contribution in [0.5, 0.6) is 0 Å². The highest BCUT2D eigenvalue weighted by atomic mass is 35.5. The van der Waals surface area contributed by atoms with E-state index >= 15 is 0 Å². The Kier molecular flexibility index (Phi) is 5.34. The second-order valence-corrected chi connectivity index (χ2v) is 8.53. The van der Waals surface area contributed by atoms with Gasteiger partial charge < -0.3 is 4.90 Å². The molecule has 3 aromatic rings. The number of carbonyl (C=O) groups excluding carboxylic acids is 2.